The van der Waals surface area contributed by atoms with Crippen molar-refractivity contribution in [1.82, 2.24) is 0 Å². The number of aliphatic hydroxyl groups excluding tert-OH is 7. The molecule has 0 aromatic heterocycles. The van der Waals surface area contributed by atoms with Gasteiger partial charge in [-0.1, -0.05) is 27.7 Å². The molecule has 14 nitrogen and oxygen atoms in total. The molecule has 0 aromatic rings. The van der Waals surface area contributed by atoms with Gasteiger partial charge in [0.05, 0.1) is 43.7 Å². The Kier molecular flexibility index (Phi) is 9.97. The largest absolute Gasteiger partial charge is 0.394 e. The van der Waals surface area contributed by atoms with Crippen LogP contribution in [0.25, 0.3) is 0 Å². The minimum absolute atomic E-state index is 0.0952. The molecule has 22 atom stereocenters. The number of aliphatic hydroxyl groups is 8. The number of ether oxygens (including phenoxy) is 6. The molecular weight excluding hydrogens is 680 g/mol. The summed E-state index contributed by atoms with van der Waals surface area (Å²) in [5, 5.41) is 86.7. The van der Waals surface area contributed by atoms with Gasteiger partial charge in [-0.15, -0.1) is 0 Å². The summed E-state index contributed by atoms with van der Waals surface area (Å²) in [6.07, 6.45) is -8.20. The Morgan fingerprint density at radius 1 is 0.788 bits per heavy atom. The van der Waals surface area contributed by atoms with Crippen LogP contribution < -0.4 is 0 Å². The van der Waals surface area contributed by atoms with E-state index < -0.39 is 90.9 Å². The van der Waals surface area contributed by atoms with E-state index >= 15 is 0 Å². The summed E-state index contributed by atoms with van der Waals surface area (Å²) in [5.74, 6) is 1.67. The van der Waals surface area contributed by atoms with Gasteiger partial charge in [-0.05, 0) is 73.5 Å². The molecule has 0 bridgehead atoms. The average molecular weight is 743 g/mol. The van der Waals surface area contributed by atoms with Gasteiger partial charge in [-0.3, -0.25) is 0 Å². The molecule has 9 unspecified atom stereocenters. The first-order valence-electron chi connectivity index (χ1n) is 19.9. The third kappa shape index (κ3) is 5.64. The molecule has 4 saturated carbocycles. The summed E-state index contributed by atoms with van der Waals surface area (Å²) in [7, 11) is 0. The lowest BCUT2D eigenvalue weighted by Gasteiger charge is -2.65. The monoisotopic (exact) mass is 742 g/mol. The molecule has 4 heterocycles. The topological polar surface area (TPSA) is 217 Å². The predicted molar refractivity (Wildman–Crippen MR) is 180 cm³/mol. The molecule has 4 aliphatic carbocycles. The maximum Gasteiger partial charge on any atom is 0.187 e. The second-order valence-electron chi connectivity index (χ2n) is 18.5. The van der Waals surface area contributed by atoms with E-state index in [0.29, 0.717) is 36.0 Å². The van der Waals surface area contributed by atoms with Gasteiger partial charge in [0, 0.05) is 30.6 Å². The zero-order valence-electron chi connectivity index (χ0n) is 30.9. The molecule has 4 aliphatic heterocycles. The number of rotatable bonds is 5. The molecule has 8 fully saturated rings. The van der Waals surface area contributed by atoms with Gasteiger partial charge in [0.15, 0.2) is 18.4 Å². The highest BCUT2D eigenvalue weighted by Gasteiger charge is 2.72. The predicted octanol–water partition coefficient (Wildman–Crippen LogP) is 0.167. The van der Waals surface area contributed by atoms with Gasteiger partial charge in [0.1, 0.15) is 42.7 Å². The third-order valence-corrected chi connectivity index (χ3v) is 16.0. The Balaban J connectivity index is 0.967. The van der Waals surface area contributed by atoms with E-state index in [1.807, 2.05) is 0 Å². The van der Waals surface area contributed by atoms with Crippen LogP contribution >= 0.6 is 0 Å². The Labute approximate surface area is 305 Å². The Hall–Kier alpha value is -0.560. The Morgan fingerprint density at radius 3 is 2.27 bits per heavy atom. The molecule has 52 heavy (non-hydrogen) atoms. The van der Waals surface area contributed by atoms with Crippen molar-refractivity contribution in [3.8, 4) is 0 Å². The molecule has 8 aliphatic rings. The first kappa shape index (κ1) is 38.3. The van der Waals surface area contributed by atoms with Crippen LogP contribution in [0.2, 0.25) is 0 Å². The molecule has 0 amide bonds. The van der Waals surface area contributed by atoms with E-state index in [-0.39, 0.29) is 36.9 Å². The number of hydrogen-bond donors (Lipinski definition) is 8. The zero-order chi connectivity index (χ0) is 37.1. The van der Waals surface area contributed by atoms with Crippen LogP contribution in [-0.2, 0) is 28.4 Å². The Morgan fingerprint density at radius 2 is 1.56 bits per heavy atom. The minimum atomic E-state index is -1.74. The van der Waals surface area contributed by atoms with Crippen LogP contribution in [0.4, 0.5) is 0 Å². The normalized spacial score (nSPS) is 60.5. The maximum atomic E-state index is 12.6. The summed E-state index contributed by atoms with van der Waals surface area (Å²) >= 11 is 0. The summed E-state index contributed by atoms with van der Waals surface area (Å²) in [6, 6.07) is 0. The molecule has 4 saturated heterocycles. The van der Waals surface area contributed by atoms with Crippen molar-refractivity contribution in [3.05, 3.63) is 0 Å². The highest BCUT2D eigenvalue weighted by atomic mass is 16.8. The molecule has 298 valence electrons. The zero-order valence-corrected chi connectivity index (χ0v) is 30.9. The van der Waals surface area contributed by atoms with E-state index in [1.165, 1.54) is 0 Å². The lowest BCUT2D eigenvalue weighted by Crippen LogP contribution is -2.68. The van der Waals surface area contributed by atoms with Crippen molar-refractivity contribution in [2.75, 3.05) is 19.8 Å². The summed E-state index contributed by atoms with van der Waals surface area (Å²) in [5.41, 5.74) is -1.92. The van der Waals surface area contributed by atoms with Gasteiger partial charge in [-0.2, -0.15) is 0 Å². The summed E-state index contributed by atoms with van der Waals surface area (Å²) in [4.78, 5) is 0. The van der Waals surface area contributed by atoms with Crippen molar-refractivity contribution >= 4 is 0 Å². The first-order valence-corrected chi connectivity index (χ1v) is 19.9. The molecule has 8 N–H and O–H groups in total. The molecule has 0 radical (unpaired) electrons. The fourth-order valence-electron chi connectivity index (χ4n) is 13.0. The minimum Gasteiger partial charge on any atom is -0.394 e. The second-order valence-corrected chi connectivity index (χ2v) is 18.5. The average Bonchev–Trinajstić information content (AvgIpc) is 3.56. The molecule has 0 aromatic carbocycles. The fraction of sp³-hybridized carbons (Fsp3) is 1.00. The lowest BCUT2D eigenvalue weighted by molar-refractivity contribution is -0.366. The van der Waals surface area contributed by atoms with Crippen LogP contribution in [0.5, 0.6) is 0 Å². The van der Waals surface area contributed by atoms with Gasteiger partial charge < -0.3 is 69.3 Å². The van der Waals surface area contributed by atoms with Crippen molar-refractivity contribution < 1.29 is 69.3 Å². The van der Waals surface area contributed by atoms with E-state index in [2.05, 4.69) is 27.7 Å². The van der Waals surface area contributed by atoms with Crippen molar-refractivity contribution in [2.45, 2.75) is 170 Å². The van der Waals surface area contributed by atoms with E-state index in [4.69, 9.17) is 28.4 Å². The highest BCUT2D eigenvalue weighted by molar-refractivity contribution is 5.19. The smallest absolute Gasteiger partial charge is 0.187 e. The fourth-order valence-corrected chi connectivity index (χ4v) is 13.0. The van der Waals surface area contributed by atoms with E-state index in [0.717, 1.165) is 45.1 Å². The summed E-state index contributed by atoms with van der Waals surface area (Å²) < 4.78 is 36.9. The summed E-state index contributed by atoms with van der Waals surface area (Å²) in [6.45, 7) is 8.89. The molecule has 14 heteroatoms. The van der Waals surface area contributed by atoms with Crippen molar-refractivity contribution in [2.24, 2.45) is 46.3 Å². The van der Waals surface area contributed by atoms with E-state index in [1.54, 1.807) is 0 Å². The van der Waals surface area contributed by atoms with Gasteiger partial charge in [0.2, 0.25) is 0 Å². The molecule has 8 rings (SSSR count). The van der Waals surface area contributed by atoms with Gasteiger partial charge in [0.25, 0.3) is 0 Å². The second kappa shape index (κ2) is 13.5. The maximum absolute atomic E-state index is 12.6. The van der Waals surface area contributed by atoms with E-state index in [9.17, 15) is 40.9 Å². The molecule has 1 spiro atoms. The van der Waals surface area contributed by atoms with Crippen molar-refractivity contribution in [1.29, 1.82) is 0 Å². The highest BCUT2D eigenvalue weighted by Crippen LogP contribution is 2.72. The third-order valence-electron chi connectivity index (χ3n) is 16.0. The Bertz CT molecular complexity index is 1300. The standard InChI is InChI=1S/C38H62O14/c1-17-5-10-38(48-15-17)18(2)27-24(52-38)12-22-20-6-9-37(46)13-19(11-26(41)36(37,4)21(20)7-8-35(22,27)3)49-34-32(28(42)23(40)16-47-34)51-33-31(45)30(44)29(43)25(14-39)50-33/h17-34,39-46H,5-16H2,1-4H3/t17?,18?,19-,20?,21?,22?,23-,24?,25+,26+,27?,28-,29+,30-,31+,32+,33-,34-,35?,36-,37-,38?/m0/s1. The van der Waals surface area contributed by atoms with Crippen LogP contribution in [0.15, 0.2) is 0 Å². The van der Waals surface area contributed by atoms with Gasteiger partial charge >= 0.3 is 0 Å². The quantitative estimate of drug-likeness (QED) is 0.176. The van der Waals surface area contributed by atoms with Crippen LogP contribution in [0.1, 0.15) is 85.5 Å². The molecular formula is C38H62O14. The van der Waals surface area contributed by atoms with Crippen molar-refractivity contribution in [3.63, 3.8) is 0 Å². The first-order chi connectivity index (χ1) is 24.6. The number of hydrogen-bond acceptors (Lipinski definition) is 14. The number of fused-ring (bicyclic) bond motifs is 7. The van der Waals surface area contributed by atoms with Gasteiger partial charge in [-0.25, -0.2) is 0 Å². The SMILES string of the molecule is CC1CCC2(OC1)OC1CC3C4CC[C@]5(O)C[C@@H](O[C@@H]6OC[C@H](O)[C@H](O)[C@H]6O[C@@H]6O[C@H](CO)[C@@H](O)[C@H](O)[C@H]6O)C[C@@H](O)[C@]5(C)C4CCC3(C)C1C2C. The van der Waals surface area contributed by atoms with Crippen LogP contribution in [0, 0.1) is 46.3 Å². The van der Waals surface area contributed by atoms with Crippen LogP contribution in [0.3, 0.4) is 0 Å². The van der Waals surface area contributed by atoms with Crippen LogP contribution in [-0.4, -0.2) is 146 Å². The lowest BCUT2D eigenvalue weighted by atomic mass is 9.42.